The molecule has 0 heteroatoms. The minimum Gasteiger partial charge on any atom is -0.103 e. The lowest BCUT2D eigenvalue weighted by molar-refractivity contribution is 0.664. The van der Waals surface area contributed by atoms with Crippen LogP contribution in [0.4, 0.5) is 0 Å². The van der Waals surface area contributed by atoms with E-state index in [-0.39, 0.29) is 5.92 Å². The number of hydrogen-bond donors (Lipinski definition) is 0. The molecule has 0 aliphatic carbocycles. The Morgan fingerprint density at radius 2 is 2.67 bits per heavy atom. The Balaban J connectivity index is 3.20. The maximum absolute atomic E-state index is 6.90. The molecule has 0 amide bonds. The zero-order chi connectivity index (χ0) is 6.41. The zero-order valence-electron chi connectivity index (χ0n) is 5.98. The second kappa shape index (κ2) is 2.95. The van der Waals surface area contributed by atoms with Crippen LogP contribution < -0.4 is 0 Å². The van der Waals surface area contributed by atoms with Crippen molar-refractivity contribution < 1.29 is 2.74 Å². The van der Waals surface area contributed by atoms with Gasteiger partial charge in [0, 0.05) is 2.74 Å². The SMILES string of the molecule is [2H]CC(C[2H])CC=C. The molecule has 0 heterocycles. The molecule has 36 valence electrons. The summed E-state index contributed by atoms with van der Waals surface area (Å²) in [6, 6.07) is 0. The Labute approximate surface area is 42.7 Å². The summed E-state index contributed by atoms with van der Waals surface area (Å²) < 4.78 is 13.8. The van der Waals surface area contributed by atoms with Crippen LogP contribution in [-0.4, -0.2) is 0 Å². The van der Waals surface area contributed by atoms with E-state index in [2.05, 4.69) is 6.58 Å². The Hall–Kier alpha value is -0.260. The van der Waals surface area contributed by atoms with E-state index in [1.807, 2.05) is 0 Å². The van der Waals surface area contributed by atoms with Gasteiger partial charge in [0.05, 0.1) is 0 Å². The molecule has 0 rings (SSSR count). The zero-order valence-corrected chi connectivity index (χ0v) is 3.98. The van der Waals surface area contributed by atoms with Gasteiger partial charge in [-0.05, 0) is 12.3 Å². The van der Waals surface area contributed by atoms with Crippen LogP contribution in [0.5, 0.6) is 0 Å². The summed E-state index contributed by atoms with van der Waals surface area (Å²) in [5.74, 6) is 0.215. The minimum atomic E-state index is 0.215. The highest BCUT2D eigenvalue weighted by atomic mass is 13.9. The Bertz CT molecular complexity index is 57.5. The standard InChI is InChI=1S/C6H12/c1-4-5-6(2)3/h4,6H,1,5H2,2-3H3/i2D,3D. The Morgan fingerprint density at radius 3 is 2.83 bits per heavy atom. The van der Waals surface area contributed by atoms with Crippen LogP contribution in [0.15, 0.2) is 12.7 Å². The molecule has 0 saturated carbocycles. The minimum absolute atomic E-state index is 0.215. The molecular weight excluding hydrogens is 72.1 g/mol. The van der Waals surface area contributed by atoms with Crippen molar-refractivity contribution in [3.05, 3.63) is 12.7 Å². The van der Waals surface area contributed by atoms with Crippen LogP contribution in [0.1, 0.15) is 23.0 Å². The van der Waals surface area contributed by atoms with E-state index >= 15 is 0 Å². The topological polar surface area (TPSA) is 0 Å². The van der Waals surface area contributed by atoms with E-state index in [0.29, 0.717) is 13.8 Å². The van der Waals surface area contributed by atoms with Crippen LogP contribution in [0.2, 0.25) is 0 Å². The predicted octanol–water partition coefficient (Wildman–Crippen LogP) is 2.22. The lowest BCUT2D eigenvalue weighted by atomic mass is 10.1. The van der Waals surface area contributed by atoms with Crippen molar-refractivity contribution in [3.63, 3.8) is 0 Å². The van der Waals surface area contributed by atoms with Gasteiger partial charge in [-0.2, -0.15) is 0 Å². The Kier molecular flexibility index (Phi) is 1.40. The van der Waals surface area contributed by atoms with Gasteiger partial charge in [-0.3, -0.25) is 0 Å². The largest absolute Gasteiger partial charge is 0.103 e. The smallest absolute Gasteiger partial charge is 0.0233 e. The molecule has 0 nitrogen and oxygen atoms in total. The molecule has 0 aromatic carbocycles. The second-order valence-electron chi connectivity index (χ2n) is 1.39. The average Bonchev–Trinajstić information content (AvgIpc) is 1.83. The van der Waals surface area contributed by atoms with Gasteiger partial charge in [0.25, 0.3) is 0 Å². The van der Waals surface area contributed by atoms with E-state index in [4.69, 9.17) is 2.74 Å². The molecular formula is C6H12. The monoisotopic (exact) mass is 86.1 g/mol. The van der Waals surface area contributed by atoms with Crippen molar-refractivity contribution in [2.45, 2.75) is 20.2 Å². The van der Waals surface area contributed by atoms with Gasteiger partial charge in [0.1, 0.15) is 0 Å². The fourth-order valence-electron chi connectivity index (χ4n) is 0.236. The van der Waals surface area contributed by atoms with Gasteiger partial charge >= 0.3 is 0 Å². The van der Waals surface area contributed by atoms with E-state index in [9.17, 15) is 0 Å². The predicted molar refractivity (Wildman–Crippen MR) is 29.7 cm³/mol. The average molecular weight is 86.2 g/mol. The normalized spacial score (nSPS) is 13.5. The van der Waals surface area contributed by atoms with Gasteiger partial charge in [0.2, 0.25) is 0 Å². The van der Waals surface area contributed by atoms with Crippen molar-refractivity contribution in [1.82, 2.24) is 0 Å². The first-order valence-corrected chi connectivity index (χ1v) is 2.04. The van der Waals surface area contributed by atoms with E-state index < -0.39 is 0 Å². The fraction of sp³-hybridized carbons (Fsp3) is 0.667. The Morgan fingerprint density at radius 1 is 2.00 bits per heavy atom. The first-order valence-electron chi connectivity index (χ1n) is 3.46. The molecule has 0 fully saturated rings. The first-order chi connectivity index (χ1) is 3.85. The lowest BCUT2D eigenvalue weighted by Gasteiger charge is -1.92. The van der Waals surface area contributed by atoms with Gasteiger partial charge in [-0.25, -0.2) is 0 Å². The molecule has 0 radical (unpaired) electrons. The second-order valence-corrected chi connectivity index (χ2v) is 1.39. The number of rotatable bonds is 2. The molecule has 0 bridgehead atoms. The van der Waals surface area contributed by atoms with E-state index in [1.54, 1.807) is 6.08 Å². The molecule has 0 aliphatic heterocycles. The van der Waals surface area contributed by atoms with Gasteiger partial charge in [-0.15, -0.1) is 6.58 Å². The molecule has 0 unspecified atom stereocenters. The number of hydrogen-bond acceptors (Lipinski definition) is 0. The molecule has 6 heavy (non-hydrogen) atoms. The first kappa shape index (κ1) is 2.84. The summed E-state index contributed by atoms with van der Waals surface area (Å²) >= 11 is 0. The molecule has 0 saturated heterocycles. The van der Waals surface area contributed by atoms with Gasteiger partial charge in [0.15, 0.2) is 0 Å². The van der Waals surface area contributed by atoms with Gasteiger partial charge in [-0.1, -0.05) is 19.9 Å². The summed E-state index contributed by atoms with van der Waals surface area (Å²) in [5, 5.41) is 0. The van der Waals surface area contributed by atoms with E-state index in [0.717, 1.165) is 6.42 Å². The van der Waals surface area contributed by atoms with Crippen molar-refractivity contribution in [1.29, 1.82) is 0 Å². The quantitative estimate of drug-likeness (QED) is 0.452. The van der Waals surface area contributed by atoms with Gasteiger partial charge < -0.3 is 0 Å². The van der Waals surface area contributed by atoms with Crippen LogP contribution in [-0.2, 0) is 0 Å². The van der Waals surface area contributed by atoms with Crippen molar-refractivity contribution in [3.8, 4) is 0 Å². The summed E-state index contributed by atoms with van der Waals surface area (Å²) in [5.41, 5.74) is 0. The highest BCUT2D eigenvalue weighted by Gasteiger charge is 1.82. The summed E-state index contributed by atoms with van der Waals surface area (Å²) in [6.07, 6.45) is 2.58. The highest BCUT2D eigenvalue weighted by molar-refractivity contribution is 4.67. The van der Waals surface area contributed by atoms with Crippen LogP contribution >= 0.6 is 0 Å². The van der Waals surface area contributed by atoms with Crippen molar-refractivity contribution >= 4 is 0 Å². The maximum atomic E-state index is 6.90. The molecule has 0 aliphatic rings. The third-order valence-electron chi connectivity index (χ3n) is 0.500. The van der Waals surface area contributed by atoms with Crippen LogP contribution in [0, 0.1) is 5.92 Å². The summed E-state index contributed by atoms with van der Waals surface area (Å²) in [4.78, 5) is 0. The molecule has 0 atom stereocenters. The molecule has 0 aromatic rings. The van der Waals surface area contributed by atoms with Crippen molar-refractivity contribution in [2.24, 2.45) is 5.92 Å². The third kappa shape index (κ3) is 3.74. The molecule has 0 spiro atoms. The van der Waals surface area contributed by atoms with Crippen LogP contribution in [0.25, 0.3) is 0 Å². The lowest BCUT2D eigenvalue weighted by Crippen LogP contribution is -1.78. The van der Waals surface area contributed by atoms with Crippen LogP contribution in [0.3, 0.4) is 0 Å². The molecule has 0 aromatic heterocycles. The highest BCUT2D eigenvalue weighted by Crippen LogP contribution is 1.96. The maximum Gasteiger partial charge on any atom is 0.0233 e. The molecule has 0 N–H and O–H groups in total. The number of allylic oxidation sites excluding steroid dienone is 1. The van der Waals surface area contributed by atoms with E-state index in [1.165, 1.54) is 0 Å². The van der Waals surface area contributed by atoms with Crippen molar-refractivity contribution in [2.75, 3.05) is 0 Å². The fourth-order valence-corrected chi connectivity index (χ4v) is 0.236. The third-order valence-corrected chi connectivity index (χ3v) is 0.500. The summed E-state index contributed by atoms with van der Waals surface area (Å²) in [7, 11) is 0. The summed E-state index contributed by atoms with van der Waals surface area (Å²) in [6.45, 7) is 4.24.